The number of hydrogen-bond donors (Lipinski definition) is 2. The number of carbonyl (C=O) groups excluding carboxylic acids is 2. The predicted molar refractivity (Wildman–Crippen MR) is 84.4 cm³/mol. The summed E-state index contributed by atoms with van der Waals surface area (Å²) in [5, 5.41) is 10.8. The lowest BCUT2D eigenvalue weighted by molar-refractivity contribution is -0.136. The summed E-state index contributed by atoms with van der Waals surface area (Å²) in [4.78, 5) is 26.4. The zero-order valence-corrected chi connectivity index (χ0v) is 12.6. The molecule has 2 aromatic rings. The number of para-hydroxylation sites is 1. The maximum Gasteiger partial charge on any atom is 0.247 e. The molecule has 1 fully saturated rings. The molecular weight excluding hydrogens is 280 g/mol. The van der Waals surface area contributed by atoms with Crippen molar-refractivity contribution in [3.63, 3.8) is 0 Å². The fraction of sp³-hybridized carbons (Fsp3) is 0.438. The van der Waals surface area contributed by atoms with E-state index < -0.39 is 0 Å². The van der Waals surface area contributed by atoms with Crippen molar-refractivity contribution in [1.82, 2.24) is 15.1 Å². The summed E-state index contributed by atoms with van der Waals surface area (Å²) in [7, 11) is 0. The van der Waals surface area contributed by atoms with Gasteiger partial charge in [0.05, 0.1) is 17.4 Å². The van der Waals surface area contributed by atoms with E-state index in [1.807, 2.05) is 25.1 Å². The maximum absolute atomic E-state index is 12.6. The molecule has 1 aromatic heterocycles. The van der Waals surface area contributed by atoms with Crippen LogP contribution in [0.2, 0.25) is 0 Å². The van der Waals surface area contributed by atoms with Gasteiger partial charge in [-0.25, -0.2) is 0 Å². The monoisotopic (exact) mass is 300 g/mol. The molecule has 0 spiro atoms. The Morgan fingerprint density at radius 2 is 2.32 bits per heavy atom. The number of benzene rings is 1. The number of carbonyl (C=O) groups is 2. The van der Waals surface area contributed by atoms with Gasteiger partial charge in [-0.15, -0.1) is 0 Å². The second-order valence-electron chi connectivity index (χ2n) is 5.62. The number of nitrogens with zero attached hydrogens (tertiary/aromatic N) is 2. The predicted octanol–water partition coefficient (Wildman–Crippen LogP) is 2.29. The molecule has 0 unspecified atom stereocenters. The van der Waals surface area contributed by atoms with Crippen molar-refractivity contribution < 1.29 is 9.59 Å². The van der Waals surface area contributed by atoms with Crippen LogP contribution in [0, 0.1) is 0 Å². The Balaban J connectivity index is 1.76. The summed E-state index contributed by atoms with van der Waals surface area (Å²) in [5.74, 6) is -0.0519. The van der Waals surface area contributed by atoms with Gasteiger partial charge in [0.2, 0.25) is 11.8 Å². The second kappa shape index (κ2) is 6.17. The van der Waals surface area contributed by atoms with E-state index in [0.29, 0.717) is 18.7 Å². The van der Waals surface area contributed by atoms with Crippen LogP contribution in [-0.4, -0.2) is 39.5 Å². The Morgan fingerprint density at radius 3 is 3.14 bits per heavy atom. The number of aromatic nitrogens is 2. The van der Waals surface area contributed by atoms with E-state index in [-0.39, 0.29) is 17.9 Å². The molecule has 1 saturated heterocycles. The molecule has 0 aliphatic carbocycles. The molecule has 22 heavy (non-hydrogen) atoms. The van der Waals surface area contributed by atoms with Crippen molar-refractivity contribution >= 4 is 28.4 Å². The third-order valence-corrected chi connectivity index (χ3v) is 4.07. The number of fused-ring (bicyclic) bond motifs is 1. The summed E-state index contributed by atoms with van der Waals surface area (Å²) in [6.45, 7) is 2.65. The van der Waals surface area contributed by atoms with E-state index in [2.05, 4.69) is 15.5 Å². The van der Waals surface area contributed by atoms with Crippen molar-refractivity contribution in [2.45, 2.75) is 38.6 Å². The highest BCUT2D eigenvalue weighted by Crippen LogP contribution is 2.24. The van der Waals surface area contributed by atoms with E-state index in [1.54, 1.807) is 11.1 Å². The van der Waals surface area contributed by atoms with E-state index in [4.69, 9.17) is 0 Å². The zero-order valence-electron chi connectivity index (χ0n) is 12.6. The first-order valence-corrected chi connectivity index (χ1v) is 7.73. The quantitative estimate of drug-likeness (QED) is 0.909. The van der Waals surface area contributed by atoms with Crippen molar-refractivity contribution in [2.24, 2.45) is 0 Å². The van der Waals surface area contributed by atoms with Gasteiger partial charge in [0.15, 0.2) is 0 Å². The lowest BCUT2D eigenvalue weighted by atomic mass is 10.1. The number of anilines is 1. The number of rotatable bonds is 4. The van der Waals surface area contributed by atoms with Crippen LogP contribution in [0.4, 0.5) is 5.69 Å². The standard InChI is InChI=1S/C16H20N4O2/c1-2-5-14(21)20-9-4-8-13(20)16(22)18-12-7-3-6-11-10-17-19-15(11)12/h3,6-7,10,13H,2,4-5,8-9H2,1H3,(H,17,19)(H,18,22)/t13-/m1/s1. The molecule has 6 heteroatoms. The van der Waals surface area contributed by atoms with Crippen LogP contribution < -0.4 is 5.32 Å². The lowest BCUT2D eigenvalue weighted by Gasteiger charge is -2.24. The van der Waals surface area contributed by atoms with Gasteiger partial charge in [-0.2, -0.15) is 5.10 Å². The first kappa shape index (κ1) is 14.6. The zero-order chi connectivity index (χ0) is 15.5. The van der Waals surface area contributed by atoms with Crippen LogP contribution in [0.15, 0.2) is 24.4 Å². The highest BCUT2D eigenvalue weighted by atomic mass is 16.2. The average molecular weight is 300 g/mol. The molecule has 116 valence electrons. The summed E-state index contributed by atoms with van der Waals surface area (Å²) >= 11 is 0. The molecule has 0 bridgehead atoms. The molecule has 2 amide bonds. The van der Waals surface area contributed by atoms with Crippen molar-refractivity contribution in [2.75, 3.05) is 11.9 Å². The summed E-state index contributed by atoms with van der Waals surface area (Å²) in [5.41, 5.74) is 1.51. The molecule has 1 aromatic carbocycles. The van der Waals surface area contributed by atoms with Crippen LogP contribution in [-0.2, 0) is 9.59 Å². The van der Waals surface area contributed by atoms with E-state index in [0.717, 1.165) is 30.2 Å². The Morgan fingerprint density at radius 1 is 1.45 bits per heavy atom. The van der Waals surface area contributed by atoms with Crippen molar-refractivity contribution in [3.05, 3.63) is 24.4 Å². The SMILES string of the molecule is CCCC(=O)N1CCC[C@@H]1C(=O)Nc1cccc2cn[nH]c12. The summed E-state index contributed by atoms with van der Waals surface area (Å²) < 4.78 is 0. The topological polar surface area (TPSA) is 78.1 Å². The number of aromatic amines is 1. The smallest absolute Gasteiger partial charge is 0.247 e. The maximum atomic E-state index is 12.6. The first-order chi connectivity index (χ1) is 10.7. The van der Waals surface area contributed by atoms with Gasteiger partial charge in [0.25, 0.3) is 0 Å². The van der Waals surface area contributed by atoms with Crippen LogP contribution in [0.1, 0.15) is 32.6 Å². The van der Waals surface area contributed by atoms with Gasteiger partial charge in [-0.3, -0.25) is 14.7 Å². The Kier molecular flexibility index (Phi) is 4.09. The fourth-order valence-corrected chi connectivity index (χ4v) is 2.98. The molecule has 1 atom stereocenters. The minimum atomic E-state index is -0.364. The first-order valence-electron chi connectivity index (χ1n) is 7.73. The highest BCUT2D eigenvalue weighted by Gasteiger charge is 2.33. The summed E-state index contributed by atoms with van der Waals surface area (Å²) in [6.07, 6.45) is 4.62. The van der Waals surface area contributed by atoms with Gasteiger partial charge in [-0.1, -0.05) is 19.1 Å². The van der Waals surface area contributed by atoms with Crippen molar-refractivity contribution in [3.8, 4) is 0 Å². The molecule has 2 heterocycles. The fourth-order valence-electron chi connectivity index (χ4n) is 2.98. The van der Waals surface area contributed by atoms with Crippen LogP contribution >= 0.6 is 0 Å². The Bertz CT molecular complexity index is 694. The second-order valence-corrected chi connectivity index (χ2v) is 5.62. The van der Waals surface area contributed by atoms with E-state index in [1.165, 1.54) is 0 Å². The lowest BCUT2D eigenvalue weighted by Crippen LogP contribution is -2.43. The van der Waals surface area contributed by atoms with Crippen LogP contribution in [0.3, 0.4) is 0 Å². The third kappa shape index (κ3) is 2.68. The number of nitrogens with one attached hydrogen (secondary N) is 2. The molecule has 0 saturated carbocycles. The number of hydrogen-bond acceptors (Lipinski definition) is 3. The molecule has 2 N–H and O–H groups in total. The Hall–Kier alpha value is -2.37. The largest absolute Gasteiger partial charge is 0.331 e. The normalized spacial score (nSPS) is 17.9. The number of likely N-dealkylation sites (tertiary alicyclic amines) is 1. The van der Waals surface area contributed by atoms with Gasteiger partial charge in [0, 0.05) is 18.4 Å². The number of amides is 2. The van der Waals surface area contributed by atoms with E-state index >= 15 is 0 Å². The highest BCUT2D eigenvalue weighted by molar-refractivity contribution is 6.03. The molecule has 6 nitrogen and oxygen atoms in total. The van der Waals surface area contributed by atoms with Gasteiger partial charge < -0.3 is 10.2 Å². The van der Waals surface area contributed by atoms with Crippen LogP contribution in [0.25, 0.3) is 10.9 Å². The number of H-pyrrole nitrogens is 1. The minimum Gasteiger partial charge on any atom is -0.331 e. The molecule has 3 rings (SSSR count). The van der Waals surface area contributed by atoms with Gasteiger partial charge in [-0.05, 0) is 25.3 Å². The Labute approximate surface area is 128 Å². The molecule has 1 aliphatic rings. The third-order valence-electron chi connectivity index (χ3n) is 4.07. The van der Waals surface area contributed by atoms with Gasteiger partial charge in [0.1, 0.15) is 6.04 Å². The minimum absolute atomic E-state index is 0.0694. The average Bonchev–Trinajstić information content (AvgIpc) is 3.17. The molecule has 0 radical (unpaired) electrons. The van der Waals surface area contributed by atoms with E-state index in [9.17, 15) is 9.59 Å². The van der Waals surface area contributed by atoms with Crippen molar-refractivity contribution in [1.29, 1.82) is 0 Å². The van der Waals surface area contributed by atoms with Gasteiger partial charge >= 0.3 is 0 Å². The molecule has 1 aliphatic heterocycles. The van der Waals surface area contributed by atoms with Crippen LogP contribution in [0.5, 0.6) is 0 Å². The summed E-state index contributed by atoms with van der Waals surface area (Å²) in [6, 6.07) is 5.28. The molecular formula is C16H20N4O2.